The predicted octanol–water partition coefficient (Wildman–Crippen LogP) is 1.95. The van der Waals surface area contributed by atoms with Gasteiger partial charge in [0, 0.05) is 11.6 Å². The summed E-state index contributed by atoms with van der Waals surface area (Å²) >= 11 is 4.89. The molecule has 0 radical (unpaired) electrons. The summed E-state index contributed by atoms with van der Waals surface area (Å²) in [5, 5.41) is 5.92. The van der Waals surface area contributed by atoms with Gasteiger partial charge in [0.2, 0.25) is 0 Å². The van der Waals surface area contributed by atoms with Gasteiger partial charge in [-0.05, 0) is 18.9 Å². The molecule has 0 aliphatic heterocycles. The van der Waals surface area contributed by atoms with Gasteiger partial charge in [-0.15, -0.1) is 0 Å². The zero-order valence-corrected chi connectivity index (χ0v) is 5.79. The van der Waals surface area contributed by atoms with Crippen LogP contribution in [0.4, 0.5) is 0 Å². The standard InChI is InChI=1S/C6H8N2S/c9-6-3-5(7-8-6)4-1-2-4/h3-4H,1-2H2,(H2,7,8,9). The normalized spacial score (nSPS) is 18.2. The highest BCUT2D eigenvalue weighted by atomic mass is 32.1. The molecule has 2 nitrogen and oxygen atoms in total. The third-order valence-corrected chi connectivity index (χ3v) is 1.85. The van der Waals surface area contributed by atoms with E-state index in [-0.39, 0.29) is 0 Å². The Hall–Kier alpha value is -0.570. The molecule has 2 rings (SSSR count). The van der Waals surface area contributed by atoms with Gasteiger partial charge in [-0.3, -0.25) is 5.10 Å². The second kappa shape index (κ2) is 1.70. The lowest BCUT2D eigenvalue weighted by Gasteiger charge is -1.83. The smallest absolute Gasteiger partial charge is 0.119 e. The van der Waals surface area contributed by atoms with Crippen molar-refractivity contribution in [2.24, 2.45) is 0 Å². The van der Waals surface area contributed by atoms with Crippen LogP contribution in [0.5, 0.6) is 0 Å². The summed E-state index contributed by atoms with van der Waals surface area (Å²) in [6.07, 6.45) is 2.65. The summed E-state index contributed by atoms with van der Waals surface area (Å²) in [5.74, 6) is 0.776. The molecular formula is C6H8N2S. The second-order valence-electron chi connectivity index (χ2n) is 2.49. The summed E-state index contributed by atoms with van der Waals surface area (Å²) in [7, 11) is 0. The van der Waals surface area contributed by atoms with Gasteiger partial charge >= 0.3 is 0 Å². The first-order chi connectivity index (χ1) is 4.36. The third-order valence-electron chi connectivity index (χ3n) is 1.63. The highest BCUT2D eigenvalue weighted by molar-refractivity contribution is 7.71. The SMILES string of the molecule is S=c1cc(C2CC2)[nH][nH]1. The van der Waals surface area contributed by atoms with Crippen molar-refractivity contribution in [1.82, 2.24) is 10.2 Å². The molecule has 0 amide bonds. The van der Waals surface area contributed by atoms with Gasteiger partial charge in [0.25, 0.3) is 0 Å². The Labute approximate surface area is 58.3 Å². The minimum absolute atomic E-state index is 0.776. The lowest BCUT2D eigenvalue weighted by Crippen LogP contribution is -1.75. The van der Waals surface area contributed by atoms with Crippen LogP contribution in [-0.2, 0) is 0 Å². The van der Waals surface area contributed by atoms with Crippen LogP contribution in [0.25, 0.3) is 0 Å². The van der Waals surface area contributed by atoms with E-state index in [1.807, 2.05) is 6.07 Å². The minimum atomic E-state index is 0.776. The molecule has 3 heteroatoms. The van der Waals surface area contributed by atoms with E-state index < -0.39 is 0 Å². The fourth-order valence-electron chi connectivity index (χ4n) is 0.961. The van der Waals surface area contributed by atoms with Crippen LogP contribution in [0.15, 0.2) is 6.07 Å². The van der Waals surface area contributed by atoms with Crippen LogP contribution >= 0.6 is 12.2 Å². The maximum Gasteiger partial charge on any atom is 0.119 e. The lowest BCUT2D eigenvalue weighted by atomic mass is 10.3. The van der Waals surface area contributed by atoms with Crippen molar-refractivity contribution in [3.05, 3.63) is 16.4 Å². The number of H-pyrrole nitrogens is 2. The van der Waals surface area contributed by atoms with Crippen LogP contribution < -0.4 is 0 Å². The zero-order valence-electron chi connectivity index (χ0n) is 4.98. The molecule has 0 aromatic carbocycles. The summed E-state index contributed by atoms with van der Waals surface area (Å²) in [5.41, 5.74) is 1.28. The molecule has 1 aliphatic carbocycles. The van der Waals surface area contributed by atoms with Gasteiger partial charge in [0.05, 0.1) is 0 Å². The molecule has 0 spiro atoms. The van der Waals surface area contributed by atoms with Crippen LogP contribution in [0.1, 0.15) is 24.5 Å². The van der Waals surface area contributed by atoms with Crippen molar-refractivity contribution in [2.45, 2.75) is 18.8 Å². The van der Waals surface area contributed by atoms with Crippen molar-refractivity contribution in [3.63, 3.8) is 0 Å². The summed E-state index contributed by atoms with van der Waals surface area (Å²) in [4.78, 5) is 0. The topological polar surface area (TPSA) is 31.6 Å². The number of nitrogens with one attached hydrogen (secondary N) is 2. The molecule has 9 heavy (non-hydrogen) atoms. The first-order valence-electron chi connectivity index (χ1n) is 3.14. The summed E-state index contributed by atoms with van der Waals surface area (Å²) in [6, 6.07) is 2.01. The Morgan fingerprint density at radius 3 is 2.67 bits per heavy atom. The fourth-order valence-corrected chi connectivity index (χ4v) is 1.14. The molecule has 0 atom stereocenters. The Balaban J connectivity index is 2.38. The van der Waals surface area contributed by atoms with Crippen LogP contribution in [0.3, 0.4) is 0 Å². The highest BCUT2D eigenvalue weighted by Gasteiger charge is 2.24. The fraction of sp³-hybridized carbons (Fsp3) is 0.500. The Kier molecular flexibility index (Phi) is 0.990. The van der Waals surface area contributed by atoms with E-state index in [1.54, 1.807) is 0 Å². The van der Waals surface area contributed by atoms with Gasteiger partial charge in [0.1, 0.15) is 4.64 Å². The van der Waals surface area contributed by atoms with E-state index in [2.05, 4.69) is 10.2 Å². The molecule has 1 fully saturated rings. The van der Waals surface area contributed by atoms with E-state index in [1.165, 1.54) is 18.5 Å². The molecular weight excluding hydrogens is 132 g/mol. The quantitative estimate of drug-likeness (QED) is 0.574. The molecule has 0 unspecified atom stereocenters. The van der Waals surface area contributed by atoms with E-state index in [9.17, 15) is 0 Å². The van der Waals surface area contributed by atoms with Gasteiger partial charge in [-0.25, -0.2) is 0 Å². The lowest BCUT2D eigenvalue weighted by molar-refractivity contribution is 0.962. The monoisotopic (exact) mass is 140 g/mol. The van der Waals surface area contributed by atoms with E-state index in [4.69, 9.17) is 12.2 Å². The number of rotatable bonds is 1. The van der Waals surface area contributed by atoms with Crippen molar-refractivity contribution in [2.75, 3.05) is 0 Å². The maximum absolute atomic E-state index is 4.89. The predicted molar refractivity (Wildman–Crippen MR) is 38.0 cm³/mol. The van der Waals surface area contributed by atoms with Crippen molar-refractivity contribution >= 4 is 12.2 Å². The van der Waals surface area contributed by atoms with Gasteiger partial charge in [-0.2, -0.15) is 0 Å². The Bertz CT molecular complexity index is 256. The molecule has 2 N–H and O–H groups in total. The van der Waals surface area contributed by atoms with Crippen LogP contribution in [0, 0.1) is 4.64 Å². The van der Waals surface area contributed by atoms with E-state index >= 15 is 0 Å². The first kappa shape index (κ1) is 5.23. The number of aromatic amines is 2. The molecule has 1 heterocycles. The molecule has 1 saturated carbocycles. The molecule has 1 aliphatic rings. The van der Waals surface area contributed by atoms with E-state index in [0.717, 1.165) is 10.6 Å². The Morgan fingerprint density at radius 2 is 2.22 bits per heavy atom. The number of aromatic nitrogens is 2. The van der Waals surface area contributed by atoms with Crippen LogP contribution in [0.2, 0.25) is 0 Å². The van der Waals surface area contributed by atoms with Crippen molar-refractivity contribution in [1.29, 1.82) is 0 Å². The summed E-state index contributed by atoms with van der Waals surface area (Å²) < 4.78 is 0.817. The Morgan fingerprint density at radius 1 is 1.44 bits per heavy atom. The molecule has 48 valence electrons. The summed E-state index contributed by atoms with van der Waals surface area (Å²) in [6.45, 7) is 0. The second-order valence-corrected chi connectivity index (χ2v) is 2.93. The number of hydrogen-bond acceptors (Lipinski definition) is 1. The average molecular weight is 140 g/mol. The first-order valence-corrected chi connectivity index (χ1v) is 3.54. The number of hydrogen-bond donors (Lipinski definition) is 2. The third kappa shape index (κ3) is 0.920. The van der Waals surface area contributed by atoms with Gasteiger partial charge in [-0.1, -0.05) is 12.2 Å². The molecule has 0 bridgehead atoms. The molecule has 1 aromatic heterocycles. The van der Waals surface area contributed by atoms with Gasteiger partial charge in [0.15, 0.2) is 0 Å². The van der Waals surface area contributed by atoms with Crippen molar-refractivity contribution < 1.29 is 0 Å². The van der Waals surface area contributed by atoms with E-state index in [0.29, 0.717) is 0 Å². The molecule has 0 saturated heterocycles. The highest BCUT2D eigenvalue weighted by Crippen LogP contribution is 2.38. The molecule has 1 aromatic rings. The largest absolute Gasteiger partial charge is 0.304 e. The average Bonchev–Trinajstić information content (AvgIpc) is 2.58. The van der Waals surface area contributed by atoms with Gasteiger partial charge < -0.3 is 5.10 Å². The zero-order chi connectivity index (χ0) is 6.27. The van der Waals surface area contributed by atoms with Crippen molar-refractivity contribution in [3.8, 4) is 0 Å². The minimum Gasteiger partial charge on any atom is -0.304 e. The van der Waals surface area contributed by atoms with Crippen LogP contribution in [-0.4, -0.2) is 10.2 Å². The maximum atomic E-state index is 4.89.